The first-order chi connectivity index (χ1) is 5.72. The summed E-state index contributed by atoms with van der Waals surface area (Å²) >= 11 is 0. The summed E-state index contributed by atoms with van der Waals surface area (Å²) in [6.07, 6.45) is -2.44. The van der Waals surface area contributed by atoms with E-state index in [0.29, 0.717) is 0 Å². The van der Waals surface area contributed by atoms with Crippen LogP contribution in [0.25, 0.3) is 0 Å². The van der Waals surface area contributed by atoms with Gasteiger partial charge in [0.05, 0.1) is 13.2 Å². The van der Waals surface area contributed by atoms with Gasteiger partial charge in [0.1, 0.15) is 12.2 Å². The molecule has 0 aliphatic rings. The lowest BCUT2D eigenvalue weighted by Gasteiger charge is -2.10. The maximum absolute atomic E-state index is 8.74. The van der Waals surface area contributed by atoms with Gasteiger partial charge in [-0.25, -0.2) is 0 Å². The Morgan fingerprint density at radius 2 is 1.08 bits per heavy atom. The fraction of sp³-hybridized carbons (Fsp3) is 1.00. The zero-order valence-electron chi connectivity index (χ0n) is 6.48. The van der Waals surface area contributed by atoms with Gasteiger partial charge in [-0.15, -0.1) is 0 Å². The second-order valence-electron chi connectivity index (χ2n) is 1.95. The molecule has 0 aliphatic carbocycles. The summed E-state index contributed by atoms with van der Waals surface area (Å²) in [5, 5.41) is 33.2. The summed E-state index contributed by atoms with van der Waals surface area (Å²) in [6.45, 7) is -1.05. The molecular weight excluding hydrogens is 208 g/mol. The van der Waals surface area contributed by atoms with Gasteiger partial charge in [0, 0.05) is 0 Å². The molecule has 0 fully saturated rings. The molecule has 0 spiro atoms. The first-order valence-corrected chi connectivity index (χ1v) is 4.39. The van der Waals surface area contributed by atoms with Crippen LogP contribution in [-0.4, -0.2) is 63.4 Å². The van der Waals surface area contributed by atoms with Crippen LogP contribution in [0.1, 0.15) is 0 Å². The van der Waals surface area contributed by atoms with Crippen LogP contribution < -0.4 is 0 Å². The van der Waals surface area contributed by atoms with E-state index in [-0.39, 0.29) is 0 Å². The SMILES string of the molecule is O=S(=O)(O)O.OCC(O)C(O)CO. The highest BCUT2D eigenvalue weighted by Gasteiger charge is 2.12. The summed E-state index contributed by atoms with van der Waals surface area (Å²) < 4.78 is 31.6. The highest BCUT2D eigenvalue weighted by Crippen LogP contribution is 1.88. The number of hydrogen-bond donors (Lipinski definition) is 6. The third-order valence-electron chi connectivity index (χ3n) is 0.818. The molecule has 0 bridgehead atoms. The van der Waals surface area contributed by atoms with Crippen molar-refractivity contribution in [1.82, 2.24) is 0 Å². The van der Waals surface area contributed by atoms with Gasteiger partial charge in [0.2, 0.25) is 0 Å². The van der Waals surface area contributed by atoms with Crippen molar-refractivity contribution in [1.29, 1.82) is 0 Å². The highest BCUT2D eigenvalue weighted by atomic mass is 32.3. The van der Waals surface area contributed by atoms with Gasteiger partial charge in [0.25, 0.3) is 0 Å². The van der Waals surface area contributed by atoms with E-state index in [0.717, 1.165) is 0 Å². The number of rotatable bonds is 3. The Labute approximate surface area is 74.6 Å². The standard InChI is InChI=1S/C4H10O4.H2O4S/c5-1-3(7)4(8)2-6;1-5(2,3)4/h3-8H,1-2H2;(H2,1,2,3,4). The summed E-state index contributed by atoms with van der Waals surface area (Å²) in [7, 11) is -4.67. The van der Waals surface area contributed by atoms with E-state index in [1.54, 1.807) is 0 Å². The van der Waals surface area contributed by atoms with Crippen molar-refractivity contribution < 1.29 is 37.9 Å². The van der Waals surface area contributed by atoms with Crippen molar-refractivity contribution in [2.45, 2.75) is 12.2 Å². The Bertz CT molecular complexity index is 182. The van der Waals surface area contributed by atoms with Gasteiger partial charge >= 0.3 is 10.4 Å². The van der Waals surface area contributed by atoms with E-state index in [1.165, 1.54) is 0 Å². The summed E-state index contributed by atoms with van der Waals surface area (Å²) in [5.41, 5.74) is 0. The third-order valence-corrected chi connectivity index (χ3v) is 0.818. The average Bonchev–Trinajstić information content (AvgIpc) is 1.98. The van der Waals surface area contributed by atoms with Crippen molar-refractivity contribution in [2.24, 2.45) is 0 Å². The molecule has 2 atom stereocenters. The third kappa shape index (κ3) is 18.6. The van der Waals surface area contributed by atoms with Gasteiger partial charge in [-0.2, -0.15) is 8.42 Å². The van der Waals surface area contributed by atoms with Crippen LogP contribution in [-0.2, 0) is 10.4 Å². The van der Waals surface area contributed by atoms with Crippen molar-refractivity contribution in [3.8, 4) is 0 Å². The van der Waals surface area contributed by atoms with Gasteiger partial charge in [-0.05, 0) is 0 Å². The van der Waals surface area contributed by atoms with E-state index >= 15 is 0 Å². The van der Waals surface area contributed by atoms with Gasteiger partial charge in [0.15, 0.2) is 0 Å². The van der Waals surface area contributed by atoms with Crippen LogP contribution in [0.5, 0.6) is 0 Å². The smallest absolute Gasteiger partial charge is 0.394 e. The molecule has 0 aromatic rings. The van der Waals surface area contributed by atoms with Crippen LogP contribution in [0.4, 0.5) is 0 Å². The Kier molecular flexibility index (Phi) is 8.35. The Morgan fingerprint density at radius 1 is 0.923 bits per heavy atom. The maximum atomic E-state index is 8.74. The molecule has 0 rings (SSSR count). The lowest BCUT2D eigenvalue weighted by atomic mass is 10.2. The molecule has 0 radical (unpaired) electrons. The molecular formula is C4H12O8S. The second-order valence-corrected chi connectivity index (χ2v) is 2.84. The lowest BCUT2D eigenvalue weighted by Crippen LogP contribution is -2.31. The van der Waals surface area contributed by atoms with E-state index in [9.17, 15) is 0 Å². The molecule has 0 heterocycles. The molecule has 13 heavy (non-hydrogen) atoms. The van der Waals surface area contributed by atoms with Gasteiger partial charge in [-0.1, -0.05) is 0 Å². The molecule has 9 heteroatoms. The van der Waals surface area contributed by atoms with Crippen LogP contribution in [0.15, 0.2) is 0 Å². The van der Waals surface area contributed by atoms with Gasteiger partial charge < -0.3 is 20.4 Å². The topological polar surface area (TPSA) is 156 Å². The first-order valence-electron chi connectivity index (χ1n) is 3.00. The van der Waals surface area contributed by atoms with Gasteiger partial charge in [-0.3, -0.25) is 9.11 Å². The quantitative estimate of drug-likeness (QED) is 0.275. The normalized spacial score (nSPS) is 15.5. The summed E-state index contributed by atoms with van der Waals surface area (Å²) in [5.74, 6) is 0. The van der Waals surface area contributed by atoms with Crippen molar-refractivity contribution in [3.05, 3.63) is 0 Å². The molecule has 0 aromatic heterocycles. The fourth-order valence-electron chi connectivity index (χ4n) is 0.243. The van der Waals surface area contributed by atoms with E-state index < -0.39 is 35.8 Å². The molecule has 0 aliphatic heterocycles. The lowest BCUT2D eigenvalue weighted by molar-refractivity contribution is -0.0388. The van der Waals surface area contributed by atoms with Crippen molar-refractivity contribution in [3.63, 3.8) is 0 Å². The van der Waals surface area contributed by atoms with Crippen molar-refractivity contribution >= 4 is 10.4 Å². The number of hydrogen-bond acceptors (Lipinski definition) is 6. The Balaban J connectivity index is 0. The number of aliphatic hydroxyl groups excluding tert-OH is 4. The predicted molar refractivity (Wildman–Crippen MR) is 40.4 cm³/mol. The molecule has 0 saturated carbocycles. The molecule has 0 aromatic carbocycles. The zero-order chi connectivity index (χ0) is 11.1. The van der Waals surface area contributed by atoms with Crippen LogP contribution in [0, 0.1) is 0 Å². The predicted octanol–water partition coefficient (Wildman–Crippen LogP) is -2.96. The van der Waals surface area contributed by atoms with Crippen LogP contribution in [0.2, 0.25) is 0 Å². The largest absolute Gasteiger partial charge is 0.394 e. The number of aliphatic hydroxyl groups is 4. The van der Waals surface area contributed by atoms with E-state index in [4.69, 9.17) is 37.9 Å². The molecule has 0 saturated heterocycles. The summed E-state index contributed by atoms with van der Waals surface area (Å²) in [4.78, 5) is 0. The highest BCUT2D eigenvalue weighted by molar-refractivity contribution is 7.79. The van der Waals surface area contributed by atoms with E-state index in [2.05, 4.69) is 0 Å². The molecule has 6 N–H and O–H groups in total. The first kappa shape index (κ1) is 15.2. The van der Waals surface area contributed by atoms with Crippen LogP contribution in [0.3, 0.4) is 0 Å². The van der Waals surface area contributed by atoms with E-state index in [1.807, 2.05) is 0 Å². The summed E-state index contributed by atoms with van der Waals surface area (Å²) in [6, 6.07) is 0. The molecule has 82 valence electrons. The second kappa shape index (κ2) is 7.15. The average molecular weight is 220 g/mol. The Morgan fingerprint density at radius 3 is 1.15 bits per heavy atom. The maximum Gasteiger partial charge on any atom is 0.394 e. The minimum Gasteiger partial charge on any atom is -0.394 e. The molecule has 2 unspecified atom stereocenters. The van der Waals surface area contributed by atoms with Crippen molar-refractivity contribution in [2.75, 3.05) is 13.2 Å². The Hall–Kier alpha value is -0.290. The molecule has 8 nitrogen and oxygen atoms in total. The zero-order valence-corrected chi connectivity index (χ0v) is 7.29. The minimum atomic E-state index is -4.67. The van der Waals surface area contributed by atoms with Crippen LogP contribution >= 0.6 is 0 Å². The minimum absolute atomic E-state index is 0.526. The fourth-order valence-corrected chi connectivity index (χ4v) is 0.243. The monoisotopic (exact) mass is 220 g/mol. The molecule has 0 amide bonds.